The van der Waals surface area contributed by atoms with Crippen LogP contribution in [-0.4, -0.2) is 23.0 Å². The van der Waals surface area contributed by atoms with Crippen LogP contribution in [0.3, 0.4) is 0 Å². The molecule has 1 aliphatic heterocycles. The number of ether oxygens (including phenoxy) is 1. The van der Waals surface area contributed by atoms with Crippen LogP contribution >= 0.6 is 23.2 Å². The molecule has 2 aromatic carbocycles. The van der Waals surface area contributed by atoms with Gasteiger partial charge in [0.1, 0.15) is 12.2 Å². The smallest absolute Gasteiger partial charge is 0.252 e. The van der Waals surface area contributed by atoms with Crippen molar-refractivity contribution >= 4 is 29.1 Å². The van der Waals surface area contributed by atoms with Crippen molar-refractivity contribution in [3.63, 3.8) is 0 Å². The van der Waals surface area contributed by atoms with Crippen molar-refractivity contribution in [2.24, 2.45) is 0 Å². The van der Waals surface area contributed by atoms with Gasteiger partial charge in [-0.1, -0.05) is 73.8 Å². The number of carbonyl (C=O) groups excluding carboxylic acids is 1. The molecule has 0 radical (unpaired) electrons. The van der Waals surface area contributed by atoms with E-state index in [1.54, 1.807) is 6.08 Å². The predicted molar refractivity (Wildman–Crippen MR) is 124 cm³/mol. The summed E-state index contributed by atoms with van der Waals surface area (Å²) in [5.74, 6) is 0.0217. The highest BCUT2D eigenvalue weighted by Gasteiger charge is 2.45. The van der Waals surface area contributed by atoms with Gasteiger partial charge in [0.2, 0.25) is 0 Å². The number of amides is 1. The minimum absolute atomic E-state index is 0.0217. The second kappa shape index (κ2) is 10.5. The first-order chi connectivity index (χ1) is 14.5. The van der Waals surface area contributed by atoms with Crippen molar-refractivity contribution < 1.29 is 9.53 Å². The number of carbonyl (C=O) groups is 1. The van der Waals surface area contributed by atoms with E-state index < -0.39 is 6.10 Å². The van der Waals surface area contributed by atoms with Crippen molar-refractivity contribution in [1.29, 1.82) is 0 Å². The summed E-state index contributed by atoms with van der Waals surface area (Å²) in [7, 11) is 0. The molecular formula is C25H29Cl2NO2. The van der Waals surface area contributed by atoms with Gasteiger partial charge in [0.05, 0.1) is 6.04 Å². The maximum absolute atomic E-state index is 13.6. The molecule has 0 N–H and O–H groups in total. The van der Waals surface area contributed by atoms with Gasteiger partial charge in [0.25, 0.3) is 5.91 Å². The van der Waals surface area contributed by atoms with Gasteiger partial charge < -0.3 is 9.64 Å². The normalized spacial score (nSPS) is 22.7. The van der Waals surface area contributed by atoms with Gasteiger partial charge >= 0.3 is 0 Å². The van der Waals surface area contributed by atoms with Crippen LogP contribution in [0.25, 0.3) is 0 Å². The zero-order valence-electron chi connectivity index (χ0n) is 17.6. The van der Waals surface area contributed by atoms with Crippen LogP contribution in [0, 0.1) is 0 Å². The third kappa shape index (κ3) is 4.91. The van der Waals surface area contributed by atoms with Gasteiger partial charge in [-0.05, 0) is 48.2 Å². The van der Waals surface area contributed by atoms with Gasteiger partial charge in [-0.2, -0.15) is 0 Å². The van der Waals surface area contributed by atoms with Crippen LogP contribution < -0.4 is 0 Å². The summed E-state index contributed by atoms with van der Waals surface area (Å²) in [6, 6.07) is 15.3. The lowest BCUT2D eigenvalue weighted by atomic mass is 9.88. The predicted octanol–water partition coefficient (Wildman–Crippen LogP) is 7.16. The number of morpholine rings is 1. The SMILES string of the molecule is C=CC[C@@H]1O[C@@H](c2cccc(Cl)c2)[C@@H](c2ccc(Cl)cc2)N([C@H](CC)CCC)C1=O. The molecule has 1 aliphatic rings. The Kier molecular flexibility index (Phi) is 7.99. The Hall–Kier alpha value is -1.81. The Bertz CT molecular complexity index is 868. The van der Waals surface area contributed by atoms with E-state index in [1.165, 1.54) is 0 Å². The second-order valence-corrected chi connectivity index (χ2v) is 8.59. The fourth-order valence-electron chi connectivity index (χ4n) is 4.29. The van der Waals surface area contributed by atoms with E-state index in [4.69, 9.17) is 27.9 Å². The average Bonchev–Trinajstić information content (AvgIpc) is 2.74. The zero-order valence-corrected chi connectivity index (χ0v) is 19.1. The Morgan fingerprint density at radius 2 is 1.83 bits per heavy atom. The van der Waals surface area contributed by atoms with Gasteiger partial charge in [0.15, 0.2) is 0 Å². The number of rotatable bonds is 8. The molecular weight excluding hydrogens is 417 g/mol. The number of benzene rings is 2. The van der Waals surface area contributed by atoms with E-state index >= 15 is 0 Å². The number of halogens is 2. The fourth-order valence-corrected chi connectivity index (χ4v) is 4.61. The van der Waals surface area contributed by atoms with E-state index in [1.807, 2.05) is 48.5 Å². The Labute approximate surface area is 189 Å². The molecule has 0 spiro atoms. The molecule has 3 nitrogen and oxygen atoms in total. The van der Waals surface area contributed by atoms with Gasteiger partial charge in [-0.15, -0.1) is 6.58 Å². The largest absolute Gasteiger partial charge is 0.358 e. The third-order valence-electron chi connectivity index (χ3n) is 5.68. The van der Waals surface area contributed by atoms with Crippen LogP contribution in [-0.2, 0) is 9.53 Å². The van der Waals surface area contributed by atoms with E-state index in [0.29, 0.717) is 16.5 Å². The van der Waals surface area contributed by atoms with Gasteiger partial charge in [-0.3, -0.25) is 4.79 Å². The Morgan fingerprint density at radius 3 is 2.43 bits per heavy atom. The fraction of sp³-hybridized carbons (Fsp3) is 0.400. The molecule has 0 saturated carbocycles. The van der Waals surface area contributed by atoms with Crippen molar-refractivity contribution in [3.05, 3.63) is 82.4 Å². The summed E-state index contributed by atoms with van der Waals surface area (Å²) in [5.41, 5.74) is 1.96. The lowest BCUT2D eigenvalue weighted by molar-refractivity contribution is -0.179. The van der Waals surface area contributed by atoms with Crippen LogP contribution in [0.2, 0.25) is 10.0 Å². The standard InChI is InChI=1S/C25H29Cl2NO2/c1-4-8-21(6-3)28-23(17-12-14-19(26)15-13-17)24(18-10-7-11-20(27)16-18)30-22(9-5-2)25(28)29/h5,7,10-16,21-24H,2,4,6,8-9H2,1,3H3/t21-,22+,23-,24+/m1/s1. The summed E-state index contributed by atoms with van der Waals surface area (Å²) in [5, 5.41) is 1.31. The molecule has 4 atom stereocenters. The summed E-state index contributed by atoms with van der Waals surface area (Å²) in [6.07, 6.45) is 4.16. The summed E-state index contributed by atoms with van der Waals surface area (Å²) < 4.78 is 6.43. The first-order valence-corrected chi connectivity index (χ1v) is 11.3. The highest BCUT2D eigenvalue weighted by Crippen LogP contribution is 2.45. The zero-order chi connectivity index (χ0) is 21.7. The monoisotopic (exact) mass is 445 g/mol. The van der Waals surface area contributed by atoms with E-state index in [2.05, 4.69) is 25.3 Å². The quantitative estimate of drug-likeness (QED) is 0.403. The molecule has 5 heteroatoms. The van der Waals surface area contributed by atoms with Crippen molar-refractivity contribution in [2.45, 2.75) is 63.8 Å². The maximum Gasteiger partial charge on any atom is 0.252 e. The van der Waals surface area contributed by atoms with E-state index in [9.17, 15) is 4.79 Å². The molecule has 30 heavy (non-hydrogen) atoms. The summed E-state index contributed by atoms with van der Waals surface area (Å²) in [4.78, 5) is 15.6. The van der Waals surface area contributed by atoms with Crippen molar-refractivity contribution in [3.8, 4) is 0 Å². The Morgan fingerprint density at radius 1 is 1.10 bits per heavy atom. The van der Waals surface area contributed by atoms with Crippen LogP contribution in [0.15, 0.2) is 61.2 Å². The first kappa shape index (κ1) is 22.9. The molecule has 1 amide bonds. The third-order valence-corrected chi connectivity index (χ3v) is 6.17. The van der Waals surface area contributed by atoms with Gasteiger partial charge in [-0.25, -0.2) is 0 Å². The van der Waals surface area contributed by atoms with Crippen LogP contribution in [0.1, 0.15) is 62.8 Å². The molecule has 0 bridgehead atoms. The molecule has 0 aliphatic carbocycles. The van der Waals surface area contributed by atoms with Gasteiger partial charge in [0, 0.05) is 22.5 Å². The lowest BCUT2D eigenvalue weighted by Gasteiger charge is -2.48. The molecule has 3 rings (SSSR count). The molecule has 160 valence electrons. The van der Waals surface area contributed by atoms with E-state index in [-0.39, 0.29) is 24.1 Å². The summed E-state index contributed by atoms with van der Waals surface area (Å²) >= 11 is 12.5. The Balaban J connectivity index is 2.16. The minimum atomic E-state index is -0.555. The number of hydrogen-bond acceptors (Lipinski definition) is 2. The number of hydrogen-bond donors (Lipinski definition) is 0. The van der Waals surface area contributed by atoms with Crippen molar-refractivity contribution in [1.82, 2.24) is 4.90 Å². The molecule has 1 saturated heterocycles. The maximum atomic E-state index is 13.6. The highest BCUT2D eigenvalue weighted by molar-refractivity contribution is 6.30. The molecule has 0 aromatic heterocycles. The summed E-state index contributed by atoms with van der Waals surface area (Å²) in [6.45, 7) is 8.12. The average molecular weight is 446 g/mol. The second-order valence-electron chi connectivity index (χ2n) is 7.72. The number of nitrogens with zero attached hydrogens (tertiary/aromatic N) is 1. The first-order valence-electron chi connectivity index (χ1n) is 10.6. The van der Waals surface area contributed by atoms with Crippen LogP contribution in [0.4, 0.5) is 0 Å². The minimum Gasteiger partial charge on any atom is -0.358 e. The lowest BCUT2D eigenvalue weighted by Crippen LogP contribution is -2.54. The highest BCUT2D eigenvalue weighted by atomic mass is 35.5. The molecule has 1 fully saturated rings. The molecule has 2 aromatic rings. The van der Waals surface area contributed by atoms with E-state index in [0.717, 1.165) is 30.4 Å². The molecule has 1 heterocycles. The van der Waals surface area contributed by atoms with Crippen molar-refractivity contribution in [2.75, 3.05) is 0 Å². The topological polar surface area (TPSA) is 29.5 Å². The molecule has 0 unspecified atom stereocenters. The van der Waals surface area contributed by atoms with Crippen LogP contribution in [0.5, 0.6) is 0 Å².